The fraction of sp³-hybridized carbons (Fsp3) is 0.185. The molecule has 7 rings (SSSR count). The van der Waals surface area contributed by atoms with E-state index in [1.54, 1.807) is 6.07 Å². The first-order chi connectivity index (χ1) is 20.1. The van der Waals surface area contributed by atoms with Gasteiger partial charge in [0.1, 0.15) is 41.2 Å². The Labute approximate surface area is 237 Å². The number of anilines is 1. The smallest absolute Gasteiger partial charge is 0.274 e. The second-order valence-corrected chi connectivity index (χ2v) is 10.8. The third-order valence-corrected chi connectivity index (χ3v) is 7.77. The predicted molar refractivity (Wildman–Crippen MR) is 145 cm³/mol. The fourth-order valence-corrected chi connectivity index (χ4v) is 5.74. The molecule has 0 spiro atoms. The first-order valence-electron chi connectivity index (χ1n) is 12.6. The molecule has 5 heterocycles. The number of nitrogens with zero attached hydrogens (tertiary/aromatic N) is 7. The summed E-state index contributed by atoms with van der Waals surface area (Å²) >= 11 is 1.10. The highest BCUT2D eigenvalue weighted by Gasteiger charge is 2.47. The highest BCUT2D eigenvalue weighted by atomic mass is 32.1. The van der Waals surface area contributed by atoms with E-state index < -0.39 is 29.2 Å². The molecule has 0 aliphatic heterocycles. The number of aromatic nitrogens is 7. The van der Waals surface area contributed by atoms with E-state index in [2.05, 4.69) is 25.0 Å². The van der Waals surface area contributed by atoms with E-state index in [4.69, 9.17) is 10.5 Å². The van der Waals surface area contributed by atoms with E-state index in [1.165, 1.54) is 47.5 Å². The lowest BCUT2D eigenvalue weighted by Crippen LogP contribution is -2.43. The maximum Gasteiger partial charge on any atom is 0.274 e. The number of hydrogen-bond acceptors (Lipinski definition) is 9. The van der Waals surface area contributed by atoms with Crippen LogP contribution in [0.15, 0.2) is 59.9 Å². The largest absolute Gasteiger partial charge is 0.466 e. The number of benzene rings is 1. The summed E-state index contributed by atoms with van der Waals surface area (Å²) in [7, 11) is 0. The zero-order chi connectivity index (χ0) is 29.2. The van der Waals surface area contributed by atoms with Crippen LogP contribution in [0.5, 0.6) is 5.19 Å². The van der Waals surface area contributed by atoms with Crippen LogP contribution >= 0.6 is 11.3 Å². The first-order valence-corrected chi connectivity index (χ1v) is 13.4. The molecule has 2 N–H and O–H groups in total. The number of fused-ring (bicyclic) bond motifs is 2. The Hall–Kier alpha value is -4.92. The molecule has 1 aliphatic rings. The Bertz CT molecular complexity index is 2070. The molecule has 0 amide bonds. The van der Waals surface area contributed by atoms with Crippen LogP contribution in [0.2, 0.25) is 0 Å². The van der Waals surface area contributed by atoms with Crippen molar-refractivity contribution in [3.8, 4) is 26.9 Å². The van der Waals surface area contributed by atoms with E-state index in [9.17, 15) is 22.4 Å². The van der Waals surface area contributed by atoms with Gasteiger partial charge in [-0.1, -0.05) is 23.5 Å². The van der Waals surface area contributed by atoms with Crippen LogP contribution in [0, 0.1) is 11.6 Å². The molecule has 10 nitrogen and oxygen atoms in total. The third-order valence-electron chi connectivity index (χ3n) is 6.87. The normalized spacial score (nSPS) is 14.9. The van der Waals surface area contributed by atoms with Crippen LogP contribution in [0.1, 0.15) is 18.5 Å². The van der Waals surface area contributed by atoms with Crippen molar-refractivity contribution in [1.29, 1.82) is 0 Å². The summed E-state index contributed by atoms with van der Waals surface area (Å²) in [4.78, 5) is 31.4. The van der Waals surface area contributed by atoms with E-state index in [0.717, 1.165) is 21.9 Å². The molecule has 0 radical (unpaired) electrons. The quantitative estimate of drug-likeness (QED) is 0.275. The molecule has 0 atom stereocenters. The van der Waals surface area contributed by atoms with Gasteiger partial charge in [0.2, 0.25) is 0 Å². The van der Waals surface area contributed by atoms with Crippen LogP contribution in [0.3, 0.4) is 0 Å². The molecular formula is C27H18F4N8O2S. The summed E-state index contributed by atoms with van der Waals surface area (Å²) in [6, 6.07) is 7.98. The number of nitrogen functional groups attached to an aromatic ring is 1. The Kier molecular flexibility index (Phi) is 5.93. The Morgan fingerprint density at radius 2 is 1.93 bits per heavy atom. The number of nitrogens with two attached hydrogens (primary N) is 1. The van der Waals surface area contributed by atoms with Crippen molar-refractivity contribution in [2.24, 2.45) is 0 Å². The van der Waals surface area contributed by atoms with Crippen LogP contribution in [-0.2, 0) is 6.54 Å². The number of hydrogen-bond donors (Lipinski definition) is 1. The molecule has 0 unspecified atom stereocenters. The van der Waals surface area contributed by atoms with Crippen molar-refractivity contribution in [2.75, 3.05) is 5.73 Å². The van der Waals surface area contributed by atoms with Gasteiger partial charge in [-0.2, -0.15) is 5.10 Å². The van der Waals surface area contributed by atoms with E-state index in [0.29, 0.717) is 21.6 Å². The van der Waals surface area contributed by atoms with Gasteiger partial charge in [0, 0.05) is 19.0 Å². The van der Waals surface area contributed by atoms with Crippen LogP contribution in [0.4, 0.5) is 23.4 Å². The van der Waals surface area contributed by atoms with Gasteiger partial charge in [0.25, 0.3) is 16.7 Å². The topological polar surface area (TPSA) is 126 Å². The molecule has 42 heavy (non-hydrogen) atoms. The minimum Gasteiger partial charge on any atom is -0.466 e. The van der Waals surface area contributed by atoms with Crippen molar-refractivity contribution in [3.05, 3.63) is 82.8 Å². The van der Waals surface area contributed by atoms with Crippen LogP contribution in [-0.4, -0.2) is 46.1 Å². The third kappa shape index (κ3) is 4.51. The van der Waals surface area contributed by atoms with E-state index >= 15 is 0 Å². The van der Waals surface area contributed by atoms with E-state index in [1.807, 2.05) is 0 Å². The molecule has 15 heteroatoms. The molecular weight excluding hydrogens is 576 g/mol. The number of ether oxygens (including phenoxy) is 1. The highest BCUT2D eigenvalue weighted by Crippen LogP contribution is 2.42. The SMILES string of the molecule is Nc1ncnc2c1c(-c1cnc(OC3CC(F)(F)C3)s1)nn2Cc1nc2ccc(F)cn2c(=O)c1-c1cccc(F)c1. The molecule has 0 saturated heterocycles. The lowest BCUT2D eigenvalue weighted by atomic mass is 9.91. The zero-order valence-electron chi connectivity index (χ0n) is 21.3. The van der Waals surface area contributed by atoms with Crippen LogP contribution < -0.4 is 16.0 Å². The number of thiazole rings is 1. The minimum atomic E-state index is -2.73. The number of rotatable bonds is 6. The second kappa shape index (κ2) is 9.58. The molecule has 6 aromatic rings. The van der Waals surface area contributed by atoms with Gasteiger partial charge in [-0.05, 0) is 29.8 Å². The van der Waals surface area contributed by atoms with Gasteiger partial charge >= 0.3 is 0 Å². The van der Waals surface area contributed by atoms with Crippen molar-refractivity contribution in [1.82, 2.24) is 34.1 Å². The van der Waals surface area contributed by atoms with Crippen molar-refractivity contribution >= 4 is 33.8 Å². The molecule has 5 aromatic heterocycles. The molecule has 1 saturated carbocycles. The molecule has 212 valence electrons. The van der Waals surface area contributed by atoms with Gasteiger partial charge < -0.3 is 10.5 Å². The number of alkyl halides is 2. The summed E-state index contributed by atoms with van der Waals surface area (Å²) in [5.74, 6) is -3.81. The van der Waals surface area contributed by atoms with Crippen molar-refractivity contribution in [3.63, 3.8) is 0 Å². The molecule has 0 bridgehead atoms. The highest BCUT2D eigenvalue weighted by molar-refractivity contribution is 7.16. The zero-order valence-corrected chi connectivity index (χ0v) is 22.2. The Morgan fingerprint density at radius 1 is 1.10 bits per heavy atom. The predicted octanol–water partition coefficient (Wildman–Crippen LogP) is 4.71. The summed E-state index contributed by atoms with van der Waals surface area (Å²) in [5, 5.41) is 5.29. The Morgan fingerprint density at radius 3 is 2.71 bits per heavy atom. The minimum absolute atomic E-state index is 0.0515. The summed E-state index contributed by atoms with van der Waals surface area (Å²) < 4.78 is 62.9. The number of halogens is 4. The first kappa shape index (κ1) is 26.0. The van der Waals surface area contributed by atoms with Gasteiger partial charge in [-0.3, -0.25) is 9.20 Å². The second-order valence-electron chi connectivity index (χ2n) is 9.78. The standard InChI is InChI=1S/C27H18F4N8O2S/c28-14-3-1-2-13(6-14)20-17(36-19-5-4-15(29)10-38(19)25(20)40)11-39-24-21(23(32)34-12-35-24)22(37-39)18-9-33-26(42-18)41-16-7-27(30,31)8-16/h1-6,9-10,12,16H,7-8,11H2,(H2,32,34,35). The van der Waals surface area contributed by atoms with Crippen molar-refractivity contribution < 1.29 is 22.3 Å². The van der Waals surface area contributed by atoms with Crippen molar-refractivity contribution in [2.45, 2.75) is 31.4 Å². The summed E-state index contributed by atoms with van der Waals surface area (Å²) in [6.07, 6.45) is 2.38. The molecule has 1 aromatic carbocycles. The molecule has 1 aliphatic carbocycles. The average molecular weight is 595 g/mol. The lowest BCUT2D eigenvalue weighted by molar-refractivity contribution is -0.134. The van der Waals surface area contributed by atoms with Gasteiger partial charge in [0.15, 0.2) is 5.65 Å². The van der Waals surface area contributed by atoms with Gasteiger partial charge in [0.05, 0.1) is 34.3 Å². The van der Waals surface area contributed by atoms with Gasteiger partial charge in [-0.15, -0.1) is 0 Å². The van der Waals surface area contributed by atoms with E-state index in [-0.39, 0.29) is 52.9 Å². The number of pyridine rings is 1. The summed E-state index contributed by atoms with van der Waals surface area (Å²) in [5.41, 5.74) is 7.00. The maximum atomic E-state index is 14.2. The lowest BCUT2D eigenvalue weighted by Gasteiger charge is -2.33. The van der Waals surface area contributed by atoms with Gasteiger partial charge in [-0.25, -0.2) is 42.2 Å². The Balaban J connectivity index is 1.34. The molecule has 1 fully saturated rings. The maximum absolute atomic E-state index is 14.2. The van der Waals surface area contributed by atoms with Crippen LogP contribution in [0.25, 0.3) is 38.4 Å². The summed E-state index contributed by atoms with van der Waals surface area (Å²) in [6.45, 7) is -0.0960. The average Bonchev–Trinajstić information content (AvgIpc) is 3.54. The monoisotopic (exact) mass is 594 g/mol. The fourth-order valence-electron chi connectivity index (χ4n) is 4.92.